The Morgan fingerprint density at radius 3 is 2.33 bits per heavy atom. The number of halogens is 3. The quantitative estimate of drug-likeness (QED) is 0.757. The van der Waals surface area contributed by atoms with Crippen LogP contribution in [0.5, 0.6) is 0 Å². The molecule has 0 heterocycles. The summed E-state index contributed by atoms with van der Waals surface area (Å²) >= 11 is 0. The van der Waals surface area contributed by atoms with Gasteiger partial charge in [0.15, 0.2) is 0 Å². The fourth-order valence-corrected chi connectivity index (χ4v) is 3.00. The second kappa shape index (κ2) is 7.24. The first kappa shape index (κ1) is 17.9. The van der Waals surface area contributed by atoms with E-state index in [4.69, 9.17) is 0 Å². The molecule has 2 N–H and O–H groups in total. The van der Waals surface area contributed by atoms with E-state index in [2.05, 4.69) is 10.0 Å². The minimum absolute atomic E-state index is 0.0776. The average molecular weight is 324 g/mol. The molecular weight excluding hydrogens is 305 g/mol. The van der Waals surface area contributed by atoms with Gasteiger partial charge >= 0.3 is 6.18 Å². The number of hydrogen-bond donors (Lipinski definition) is 2. The van der Waals surface area contributed by atoms with E-state index in [1.165, 1.54) is 6.07 Å². The number of rotatable bonds is 7. The predicted octanol–water partition coefficient (Wildman–Crippen LogP) is 2.37. The van der Waals surface area contributed by atoms with Crippen LogP contribution in [-0.4, -0.2) is 27.5 Å². The van der Waals surface area contributed by atoms with Crippen LogP contribution < -0.4 is 10.0 Å². The summed E-state index contributed by atoms with van der Waals surface area (Å²) in [6.45, 7) is 4.56. The maximum absolute atomic E-state index is 12.8. The van der Waals surface area contributed by atoms with Crippen LogP contribution in [0.2, 0.25) is 0 Å². The lowest BCUT2D eigenvalue weighted by molar-refractivity contribution is -0.139. The molecule has 0 fully saturated rings. The monoisotopic (exact) mass is 324 g/mol. The van der Waals surface area contributed by atoms with Gasteiger partial charge in [0.1, 0.15) is 0 Å². The zero-order chi connectivity index (χ0) is 16.1. The number of nitrogens with one attached hydrogen (secondary N) is 2. The van der Waals surface area contributed by atoms with Crippen LogP contribution in [-0.2, 0) is 16.2 Å². The molecule has 1 aromatic rings. The highest BCUT2D eigenvalue weighted by Crippen LogP contribution is 2.33. The van der Waals surface area contributed by atoms with Crippen molar-refractivity contribution in [3.05, 3.63) is 29.8 Å². The van der Waals surface area contributed by atoms with Gasteiger partial charge in [-0.1, -0.05) is 26.0 Å². The number of alkyl halides is 3. The third kappa shape index (κ3) is 5.64. The molecule has 0 aliphatic carbocycles. The molecule has 21 heavy (non-hydrogen) atoms. The SMILES string of the molecule is CC(C)NCCCNS(=O)(=O)c1ccccc1C(F)(F)F. The van der Waals surface area contributed by atoms with E-state index in [0.717, 1.165) is 18.2 Å². The number of benzene rings is 1. The van der Waals surface area contributed by atoms with Gasteiger partial charge in [-0.15, -0.1) is 0 Å². The summed E-state index contributed by atoms with van der Waals surface area (Å²) in [4.78, 5) is -0.741. The van der Waals surface area contributed by atoms with Gasteiger partial charge in [-0.05, 0) is 25.1 Å². The standard InChI is InChI=1S/C13H19F3N2O2S/c1-10(2)17-8-5-9-18-21(19,20)12-7-4-3-6-11(12)13(14,15)16/h3-4,6-7,10,17-18H,5,8-9H2,1-2H3. The maximum atomic E-state index is 12.8. The summed E-state index contributed by atoms with van der Waals surface area (Å²) in [5.74, 6) is 0. The lowest BCUT2D eigenvalue weighted by Crippen LogP contribution is -2.30. The topological polar surface area (TPSA) is 58.2 Å². The molecular formula is C13H19F3N2O2S. The van der Waals surface area contributed by atoms with E-state index in [1.807, 2.05) is 13.8 Å². The first-order valence-electron chi connectivity index (χ1n) is 6.54. The van der Waals surface area contributed by atoms with Crippen molar-refractivity contribution in [2.75, 3.05) is 13.1 Å². The molecule has 0 saturated heterocycles. The molecule has 0 amide bonds. The van der Waals surface area contributed by atoms with E-state index in [-0.39, 0.29) is 12.6 Å². The average Bonchev–Trinajstić information content (AvgIpc) is 2.37. The third-order valence-corrected chi connectivity index (χ3v) is 4.20. The summed E-state index contributed by atoms with van der Waals surface area (Å²) in [6.07, 6.45) is -4.21. The lowest BCUT2D eigenvalue weighted by atomic mass is 10.2. The minimum atomic E-state index is -4.70. The molecule has 0 unspecified atom stereocenters. The van der Waals surface area contributed by atoms with Crippen molar-refractivity contribution >= 4 is 10.0 Å². The first-order valence-corrected chi connectivity index (χ1v) is 8.02. The van der Waals surface area contributed by atoms with Crippen molar-refractivity contribution in [2.24, 2.45) is 0 Å². The van der Waals surface area contributed by atoms with Gasteiger partial charge in [0, 0.05) is 12.6 Å². The van der Waals surface area contributed by atoms with E-state index in [1.54, 1.807) is 0 Å². The molecule has 0 atom stereocenters. The van der Waals surface area contributed by atoms with Crippen LogP contribution in [0.4, 0.5) is 13.2 Å². The van der Waals surface area contributed by atoms with Gasteiger partial charge in [0.05, 0.1) is 10.5 Å². The Morgan fingerprint density at radius 2 is 1.76 bits per heavy atom. The second-order valence-electron chi connectivity index (χ2n) is 4.85. The summed E-state index contributed by atoms with van der Waals surface area (Å²) in [7, 11) is -4.17. The number of hydrogen-bond acceptors (Lipinski definition) is 3. The van der Waals surface area contributed by atoms with Gasteiger partial charge in [-0.2, -0.15) is 13.2 Å². The Labute approximate surface area is 122 Å². The highest BCUT2D eigenvalue weighted by Gasteiger charge is 2.36. The highest BCUT2D eigenvalue weighted by atomic mass is 32.2. The molecule has 0 aliphatic heterocycles. The smallest absolute Gasteiger partial charge is 0.314 e. The zero-order valence-corrected chi connectivity index (χ0v) is 12.7. The van der Waals surface area contributed by atoms with Crippen LogP contribution in [0.3, 0.4) is 0 Å². The summed E-state index contributed by atoms with van der Waals surface area (Å²) < 4.78 is 64.5. The molecule has 0 saturated carbocycles. The Bertz CT molecular complexity index is 557. The molecule has 0 aromatic heterocycles. The largest absolute Gasteiger partial charge is 0.417 e. The van der Waals surface area contributed by atoms with Crippen molar-refractivity contribution < 1.29 is 21.6 Å². The zero-order valence-electron chi connectivity index (χ0n) is 11.9. The maximum Gasteiger partial charge on any atom is 0.417 e. The third-order valence-electron chi connectivity index (χ3n) is 2.68. The van der Waals surface area contributed by atoms with Gasteiger partial charge in [-0.3, -0.25) is 0 Å². The van der Waals surface area contributed by atoms with E-state index >= 15 is 0 Å². The number of sulfonamides is 1. The van der Waals surface area contributed by atoms with Crippen LogP contribution in [0.25, 0.3) is 0 Å². The molecule has 8 heteroatoms. The van der Waals surface area contributed by atoms with E-state index < -0.39 is 26.7 Å². The Hall–Kier alpha value is -1.12. The van der Waals surface area contributed by atoms with Crippen LogP contribution in [0, 0.1) is 0 Å². The van der Waals surface area contributed by atoms with Crippen molar-refractivity contribution in [1.82, 2.24) is 10.0 Å². The summed E-state index contributed by atoms with van der Waals surface area (Å²) in [5.41, 5.74) is -1.15. The Morgan fingerprint density at radius 1 is 1.14 bits per heavy atom. The summed E-state index contributed by atoms with van der Waals surface area (Å²) in [6, 6.07) is 4.41. The molecule has 4 nitrogen and oxygen atoms in total. The lowest BCUT2D eigenvalue weighted by Gasteiger charge is -2.14. The van der Waals surface area contributed by atoms with Crippen molar-refractivity contribution in [3.8, 4) is 0 Å². The van der Waals surface area contributed by atoms with Gasteiger partial charge in [0.2, 0.25) is 10.0 Å². The van der Waals surface area contributed by atoms with E-state index in [0.29, 0.717) is 13.0 Å². The molecule has 0 bridgehead atoms. The first-order chi connectivity index (χ1) is 9.64. The fraction of sp³-hybridized carbons (Fsp3) is 0.538. The fourth-order valence-electron chi connectivity index (χ4n) is 1.70. The van der Waals surface area contributed by atoms with Crippen LogP contribution >= 0.6 is 0 Å². The van der Waals surface area contributed by atoms with Crippen LogP contribution in [0.15, 0.2) is 29.2 Å². The minimum Gasteiger partial charge on any atom is -0.314 e. The Kier molecular flexibility index (Phi) is 6.18. The Balaban J connectivity index is 2.76. The van der Waals surface area contributed by atoms with Crippen molar-refractivity contribution in [3.63, 3.8) is 0 Å². The summed E-state index contributed by atoms with van der Waals surface area (Å²) in [5, 5.41) is 3.09. The second-order valence-corrected chi connectivity index (χ2v) is 6.59. The van der Waals surface area contributed by atoms with Gasteiger partial charge in [0.25, 0.3) is 0 Å². The van der Waals surface area contributed by atoms with Crippen molar-refractivity contribution in [1.29, 1.82) is 0 Å². The van der Waals surface area contributed by atoms with E-state index in [9.17, 15) is 21.6 Å². The predicted molar refractivity (Wildman–Crippen MR) is 74.4 cm³/mol. The molecule has 1 rings (SSSR count). The highest BCUT2D eigenvalue weighted by molar-refractivity contribution is 7.89. The molecule has 120 valence electrons. The molecule has 0 aliphatic rings. The molecule has 0 radical (unpaired) electrons. The van der Waals surface area contributed by atoms with Crippen molar-refractivity contribution in [2.45, 2.75) is 37.4 Å². The van der Waals surface area contributed by atoms with Crippen LogP contribution in [0.1, 0.15) is 25.8 Å². The van der Waals surface area contributed by atoms with Gasteiger partial charge in [-0.25, -0.2) is 13.1 Å². The molecule has 1 aromatic carbocycles. The normalized spacial score (nSPS) is 12.9. The molecule has 0 spiro atoms. The van der Waals surface area contributed by atoms with Gasteiger partial charge < -0.3 is 5.32 Å².